The molecule has 2 heterocycles. The first-order chi connectivity index (χ1) is 14.0. The number of rotatable bonds is 4. The number of fused-ring (bicyclic) bond motifs is 1. The molecule has 0 saturated heterocycles. The smallest absolute Gasteiger partial charge is 0.278 e. The number of carbonyl (C=O) groups is 1. The lowest BCUT2D eigenvalue weighted by atomic mass is 10.1. The van der Waals surface area contributed by atoms with Gasteiger partial charge in [0.15, 0.2) is 11.3 Å². The lowest BCUT2D eigenvalue weighted by Crippen LogP contribution is -2.19. The molecule has 0 spiro atoms. The lowest BCUT2D eigenvalue weighted by Gasteiger charge is -2.10. The number of nitrogens with zero attached hydrogens (tertiary/aromatic N) is 4. The van der Waals surface area contributed by atoms with Gasteiger partial charge in [0, 0.05) is 5.02 Å². The molecule has 4 aromatic rings. The number of anilines is 1. The fourth-order valence-corrected chi connectivity index (χ4v) is 3.33. The molecular formula is C21H18ClN5O2. The highest BCUT2D eigenvalue weighted by molar-refractivity contribution is 6.30. The van der Waals surface area contributed by atoms with Crippen molar-refractivity contribution in [1.82, 2.24) is 19.8 Å². The molecule has 0 aliphatic rings. The van der Waals surface area contributed by atoms with E-state index in [1.807, 2.05) is 43.3 Å². The van der Waals surface area contributed by atoms with Crippen LogP contribution >= 0.6 is 11.6 Å². The molecule has 0 bridgehead atoms. The molecule has 29 heavy (non-hydrogen) atoms. The van der Waals surface area contributed by atoms with Gasteiger partial charge in [0.1, 0.15) is 5.75 Å². The van der Waals surface area contributed by atoms with Crippen LogP contribution in [-0.2, 0) is 0 Å². The van der Waals surface area contributed by atoms with Crippen LogP contribution in [0.1, 0.15) is 21.9 Å². The molecule has 4 rings (SSSR count). The molecule has 8 heteroatoms. The number of hydrogen-bond donors (Lipinski definition) is 1. The van der Waals surface area contributed by atoms with Crippen molar-refractivity contribution in [2.75, 3.05) is 12.4 Å². The average Bonchev–Trinajstić information content (AvgIpc) is 3.06. The number of amides is 1. The Morgan fingerprint density at radius 3 is 2.52 bits per heavy atom. The number of nitrogens with one attached hydrogen (secondary N) is 1. The Labute approximate surface area is 172 Å². The molecule has 0 radical (unpaired) electrons. The molecular weight excluding hydrogens is 390 g/mol. The van der Waals surface area contributed by atoms with E-state index in [4.69, 9.17) is 16.3 Å². The highest BCUT2D eigenvalue weighted by atomic mass is 35.5. The van der Waals surface area contributed by atoms with Gasteiger partial charge in [0.05, 0.1) is 29.7 Å². The van der Waals surface area contributed by atoms with Gasteiger partial charge in [0.25, 0.3) is 5.91 Å². The largest absolute Gasteiger partial charge is 0.495 e. The quantitative estimate of drug-likeness (QED) is 0.544. The molecule has 1 N–H and O–H groups in total. The van der Waals surface area contributed by atoms with Crippen LogP contribution < -0.4 is 10.1 Å². The second-order valence-electron chi connectivity index (χ2n) is 6.49. The van der Waals surface area contributed by atoms with E-state index in [2.05, 4.69) is 20.6 Å². The molecule has 0 saturated carbocycles. The van der Waals surface area contributed by atoms with Crippen molar-refractivity contribution in [2.24, 2.45) is 0 Å². The predicted molar refractivity (Wildman–Crippen MR) is 112 cm³/mol. The van der Waals surface area contributed by atoms with Crippen molar-refractivity contribution in [3.8, 4) is 16.9 Å². The summed E-state index contributed by atoms with van der Waals surface area (Å²) in [7, 11) is 1.55. The summed E-state index contributed by atoms with van der Waals surface area (Å²) in [5.41, 5.74) is 4.48. The molecule has 2 aromatic heterocycles. The molecule has 0 unspecified atom stereocenters. The molecule has 0 fully saturated rings. The number of para-hydroxylation sites is 2. The van der Waals surface area contributed by atoms with E-state index in [0.29, 0.717) is 27.8 Å². The summed E-state index contributed by atoms with van der Waals surface area (Å²) in [5, 5.41) is 16.5. The van der Waals surface area contributed by atoms with E-state index in [1.165, 1.54) is 0 Å². The Hall–Kier alpha value is -3.45. The topological polar surface area (TPSA) is 81.4 Å². The normalized spacial score (nSPS) is 10.9. The first kappa shape index (κ1) is 18.9. The average molecular weight is 408 g/mol. The maximum Gasteiger partial charge on any atom is 0.278 e. The van der Waals surface area contributed by atoms with Crippen LogP contribution in [0.2, 0.25) is 5.02 Å². The Morgan fingerprint density at radius 2 is 1.79 bits per heavy atom. The number of benzene rings is 2. The number of hydrogen-bond acceptors (Lipinski definition) is 5. The third-order valence-corrected chi connectivity index (χ3v) is 4.90. The first-order valence-electron chi connectivity index (χ1n) is 8.92. The predicted octanol–water partition coefficient (Wildman–Crippen LogP) is 4.32. The summed E-state index contributed by atoms with van der Waals surface area (Å²) in [6.45, 7) is 3.68. The number of carbonyl (C=O) groups excluding carboxylic acids is 1. The van der Waals surface area contributed by atoms with Gasteiger partial charge in [-0.15, -0.1) is 10.2 Å². The van der Waals surface area contributed by atoms with E-state index in [-0.39, 0.29) is 11.6 Å². The minimum Gasteiger partial charge on any atom is -0.495 e. The number of aryl methyl sites for hydroxylation is 2. The van der Waals surface area contributed by atoms with Crippen LogP contribution in [0.15, 0.2) is 48.5 Å². The molecule has 2 aromatic carbocycles. The number of ether oxygens (including phenoxy) is 1. The van der Waals surface area contributed by atoms with E-state index < -0.39 is 0 Å². The summed E-state index contributed by atoms with van der Waals surface area (Å²) in [4.78, 5) is 12.8. The van der Waals surface area contributed by atoms with E-state index in [9.17, 15) is 4.79 Å². The summed E-state index contributed by atoms with van der Waals surface area (Å²) in [5.74, 6) is 0.176. The van der Waals surface area contributed by atoms with Gasteiger partial charge in [-0.3, -0.25) is 4.79 Å². The Kier molecular flexibility index (Phi) is 4.90. The van der Waals surface area contributed by atoms with Crippen molar-refractivity contribution in [3.05, 3.63) is 70.6 Å². The monoisotopic (exact) mass is 407 g/mol. The molecule has 7 nitrogen and oxygen atoms in total. The van der Waals surface area contributed by atoms with Crippen molar-refractivity contribution < 1.29 is 9.53 Å². The van der Waals surface area contributed by atoms with Crippen LogP contribution in [0.4, 0.5) is 5.69 Å². The maximum absolute atomic E-state index is 12.8. The van der Waals surface area contributed by atoms with Crippen molar-refractivity contribution in [1.29, 1.82) is 0 Å². The van der Waals surface area contributed by atoms with Crippen LogP contribution in [0.5, 0.6) is 5.75 Å². The zero-order valence-electron chi connectivity index (χ0n) is 16.1. The number of methoxy groups -OCH3 is 1. The first-order valence-corrected chi connectivity index (χ1v) is 9.30. The van der Waals surface area contributed by atoms with Crippen LogP contribution in [0.25, 0.3) is 16.8 Å². The standard InChI is InChI=1S/C21H18ClN5O2/c1-12-18(14-8-10-15(22)11-9-14)20-25-24-19(13(2)27(20)26-12)21(28)23-16-6-4-5-7-17(16)29-3/h4-11H,1-3H3,(H,23,28). The minimum atomic E-state index is -0.386. The second-order valence-corrected chi connectivity index (χ2v) is 6.93. The van der Waals surface area contributed by atoms with Gasteiger partial charge in [-0.25, -0.2) is 4.52 Å². The molecule has 0 aliphatic heterocycles. The SMILES string of the molecule is COc1ccccc1NC(=O)c1nnc2c(-c3ccc(Cl)cc3)c(C)nn2c1C. The van der Waals surface area contributed by atoms with Crippen LogP contribution in [0.3, 0.4) is 0 Å². The fraction of sp³-hybridized carbons (Fsp3) is 0.143. The highest BCUT2D eigenvalue weighted by Gasteiger charge is 2.21. The van der Waals surface area contributed by atoms with E-state index in [0.717, 1.165) is 16.8 Å². The van der Waals surface area contributed by atoms with Crippen LogP contribution in [0, 0.1) is 13.8 Å². The highest BCUT2D eigenvalue weighted by Crippen LogP contribution is 2.29. The molecule has 0 atom stereocenters. The van der Waals surface area contributed by atoms with Gasteiger partial charge in [-0.05, 0) is 43.7 Å². The third-order valence-electron chi connectivity index (χ3n) is 4.64. The third kappa shape index (κ3) is 3.40. The van der Waals surface area contributed by atoms with Gasteiger partial charge < -0.3 is 10.1 Å². The van der Waals surface area contributed by atoms with Gasteiger partial charge in [-0.2, -0.15) is 5.10 Å². The molecule has 1 amide bonds. The Bertz CT molecular complexity index is 1220. The summed E-state index contributed by atoms with van der Waals surface area (Å²) in [6.07, 6.45) is 0. The zero-order valence-corrected chi connectivity index (χ0v) is 16.9. The number of halogens is 1. The molecule has 0 aliphatic carbocycles. The van der Waals surface area contributed by atoms with Gasteiger partial charge in [-0.1, -0.05) is 35.9 Å². The molecule has 146 valence electrons. The maximum atomic E-state index is 12.8. The van der Waals surface area contributed by atoms with Gasteiger partial charge in [0.2, 0.25) is 0 Å². The van der Waals surface area contributed by atoms with E-state index in [1.54, 1.807) is 30.7 Å². The van der Waals surface area contributed by atoms with Crippen LogP contribution in [-0.4, -0.2) is 32.8 Å². The Balaban J connectivity index is 1.75. The zero-order chi connectivity index (χ0) is 20.5. The minimum absolute atomic E-state index is 0.188. The lowest BCUT2D eigenvalue weighted by molar-refractivity contribution is 0.101. The summed E-state index contributed by atoms with van der Waals surface area (Å²) < 4.78 is 6.92. The fourth-order valence-electron chi connectivity index (χ4n) is 3.20. The van der Waals surface area contributed by atoms with E-state index >= 15 is 0 Å². The van der Waals surface area contributed by atoms with Crippen molar-refractivity contribution >= 4 is 28.8 Å². The van der Waals surface area contributed by atoms with Gasteiger partial charge >= 0.3 is 0 Å². The van der Waals surface area contributed by atoms with Crippen molar-refractivity contribution in [2.45, 2.75) is 13.8 Å². The Morgan fingerprint density at radius 1 is 1.07 bits per heavy atom. The second kappa shape index (κ2) is 7.52. The summed E-state index contributed by atoms with van der Waals surface area (Å²) in [6, 6.07) is 14.6. The van der Waals surface area contributed by atoms with Crippen molar-refractivity contribution in [3.63, 3.8) is 0 Å². The summed E-state index contributed by atoms with van der Waals surface area (Å²) >= 11 is 6.00. The number of aromatic nitrogens is 4.